The van der Waals surface area contributed by atoms with Crippen LogP contribution in [0.1, 0.15) is 25.3 Å². The number of hydrogen-bond donors (Lipinski definition) is 3. The molecular formula is C17H22N4O2S. The predicted octanol–water partition coefficient (Wildman–Crippen LogP) is 2.17. The minimum atomic E-state index is -0.118. The molecule has 1 heterocycles. The van der Waals surface area contributed by atoms with Crippen molar-refractivity contribution in [2.24, 2.45) is 5.73 Å². The van der Waals surface area contributed by atoms with Gasteiger partial charge in [0.25, 0.3) is 0 Å². The van der Waals surface area contributed by atoms with Gasteiger partial charge in [0.15, 0.2) is 5.13 Å². The van der Waals surface area contributed by atoms with E-state index in [1.165, 1.54) is 23.8 Å². The van der Waals surface area contributed by atoms with E-state index in [0.717, 1.165) is 24.1 Å². The molecule has 0 atom stereocenters. The van der Waals surface area contributed by atoms with Crippen LogP contribution < -0.4 is 16.4 Å². The molecule has 2 aromatic rings. The predicted molar refractivity (Wildman–Crippen MR) is 96.9 cm³/mol. The summed E-state index contributed by atoms with van der Waals surface area (Å²) in [7, 11) is 0. The Labute approximate surface area is 145 Å². The molecule has 0 unspecified atom stereocenters. The van der Waals surface area contributed by atoms with Crippen LogP contribution in [0.3, 0.4) is 0 Å². The SMILES string of the molecule is CC(=O)NCCCc1ccc(-c2csc(NC(=O)CCN)n2)cc1. The molecule has 0 bridgehead atoms. The van der Waals surface area contributed by atoms with E-state index < -0.39 is 0 Å². The van der Waals surface area contributed by atoms with E-state index in [-0.39, 0.29) is 11.8 Å². The molecule has 6 nitrogen and oxygen atoms in total. The minimum absolute atomic E-state index is 0.00300. The van der Waals surface area contributed by atoms with E-state index >= 15 is 0 Å². The first-order chi connectivity index (χ1) is 11.6. The van der Waals surface area contributed by atoms with E-state index in [1.54, 1.807) is 0 Å². The Kier molecular flexibility index (Phi) is 6.89. The van der Waals surface area contributed by atoms with Gasteiger partial charge < -0.3 is 16.4 Å². The van der Waals surface area contributed by atoms with Gasteiger partial charge in [-0.05, 0) is 18.4 Å². The van der Waals surface area contributed by atoms with Crippen LogP contribution >= 0.6 is 11.3 Å². The summed E-state index contributed by atoms with van der Waals surface area (Å²) in [6.45, 7) is 2.54. The van der Waals surface area contributed by atoms with E-state index in [9.17, 15) is 9.59 Å². The number of amides is 2. The zero-order valence-electron chi connectivity index (χ0n) is 13.7. The zero-order chi connectivity index (χ0) is 17.4. The van der Waals surface area contributed by atoms with Gasteiger partial charge in [0, 0.05) is 37.4 Å². The fourth-order valence-electron chi connectivity index (χ4n) is 2.18. The molecule has 1 aromatic carbocycles. The number of aryl methyl sites for hydroxylation is 1. The first-order valence-corrected chi connectivity index (χ1v) is 8.75. The second-order valence-electron chi connectivity index (χ2n) is 5.41. The molecule has 0 aliphatic heterocycles. The molecule has 0 radical (unpaired) electrons. The van der Waals surface area contributed by atoms with Gasteiger partial charge in [-0.15, -0.1) is 11.3 Å². The Hall–Kier alpha value is -2.25. The van der Waals surface area contributed by atoms with Gasteiger partial charge in [-0.25, -0.2) is 4.98 Å². The maximum atomic E-state index is 11.5. The number of hydrogen-bond acceptors (Lipinski definition) is 5. The van der Waals surface area contributed by atoms with Crippen LogP contribution in [0.4, 0.5) is 5.13 Å². The molecule has 128 valence electrons. The lowest BCUT2D eigenvalue weighted by molar-refractivity contribution is -0.119. The van der Waals surface area contributed by atoms with Crippen molar-refractivity contribution in [2.45, 2.75) is 26.2 Å². The molecule has 0 spiro atoms. The number of aromatic nitrogens is 1. The standard InChI is InChI=1S/C17H22N4O2S/c1-12(22)19-10-2-3-13-4-6-14(7-5-13)15-11-24-17(20-15)21-16(23)8-9-18/h4-7,11H,2-3,8-10,18H2,1H3,(H,19,22)(H,20,21,23). The summed E-state index contributed by atoms with van der Waals surface area (Å²) in [6, 6.07) is 8.17. The van der Waals surface area contributed by atoms with Crippen LogP contribution in [0.25, 0.3) is 11.3 Å². The van der Waals surface area contributed by atoms with Gasteiger partial charge >= 0.3 is 0 Å². The monoisotopic (exact) mass is 346 g/mol. The summed E-state index contributed by atoms with van der Waals surface area (Å²) >= 11 is 1.40. The van der Waals surface area contributed by atoms with Crippen molar-refractivity contribution < 1.29 is 9.59 Å². The Morgan fingerprint density at radius 3 is 2.67 bits per heavy atom. The Morgan fingerprint density at radius 1 is 1.25 bits per heavy atom. The number of nitrogens with zero attached hydrogens (tertiary/aromatic N) is 1. The van der Waals surface area contributed by atoms with Gasteiger partial charge in [-0.2, -0.15) is 0 Å². The molecule has 2 rings (SSSR count). The highest BCUT2D eigenvalue weighted by Crippen LogP contribution is 2.25. The van der Waals surface area contributed by atoms with Crippen molar-refractivity contribution in [3.8, 4) is 11.3 Å². The lowest BCUT2D eigenvalue weighted by Gasteiger charge is -2.04. The lowest BCUT2D eigenvalue weighted by atomic mass is 10.1. The average Bonchev–Trinajstić information content (AvgIpc) is 3.00. The molecule has 2 amide bonds. The number of rotatable bonds is 8. The smallest absolute Gasteiger partial charge is 0.227 e. The topological polar surface area (TPSA) is 97.1 Å². The second-order valence-corrected chi connectivity index (χ2v) is 6.27. The largest absolute Gasteiger partial charge is 0.356 e. The summed E-state index contributed by atoms with van der Waals surface area (Å²) in [5.74, 6) is -0.115. The number of thiazole rings is 1. The van der Waals surface area contributed by atoms with Gasteiger partial charge in [0.2, 0.25) is 11.8 Å². The van der Waals surface area contributed by atoms with Crippen molar-refractivity contribution in [1.82, 2.24) is 10.3 Å². The fraction of sp³-hybridized carbons (Fsp3) is 0.353. The van der Waals surface area contributed by atoms with E-state index in [1.807, 2.05) is 17.5 Å². The molecule has 7 heteroatoms. The lowest BCUT2D eigenvalue weighted by Crippen LogP contribution is -2.21. The van der Waals surface area contributed by atoms with E-state index in [4.69, 9.17) is 5.73 Å². The van der Waals surface area contributed by atoms with Crippen LogP contribution in [0.2, 0.25) is 0 Å². The molecule has 0 aliphatic rings. The Balaban J connectivity index is 1.90. The quantitative estimate of drug-likeness (QED) is 0.638. The van der Waals surface area contributed by atoms with Gasteiger partial charge in [-0.3, -0.25) is 9.59 Å². The number of anilines is 1. The second kappa shape index (κ2) is 9.14. The third-order valence-corrected chi connectivity index (χ3v) is 4.15. The summed E-state index contributed by atoms with van der Waals surface area (Å²) in [5, 5.41) is 8.04. The molecule has 0 saturated carbocycles. The number of carbonyl (C=O) groups is 2. The summed E-state index contributed by atoms with van der Waals surface area (Å²) in [6.07, 6.45) is 2.12. The van der Waals surface area contributed by atoms with Crippen molar-refractivity contribution in [3.63, 3.8) is 0 Å². The molecule has 1 aromatic heterocycles. The highest BCUT2D eigenvalue weighted by molar-refractivity contribution is 7.14. The van der Waals surface area contributed by atoms with Crippen LogP contribution in [0, 0.1) is 0 Å². The van der Waals surface area contributed by atoms with E-state index in [2.05, 4.69) is 27.8 Å². The molecule has 0 saturated heterocycles. The van der Waals surface area contributed by atoms with Crippen molar-refractivity contribution in [2.75, 3.05) is 18.4 Å². The summed E-state index contributed by atoms with van der Waals surface area (Å²) < 4.78 is 0. The minimum Gasteiger partial charge on any atom is -0.356 e. The van der Waals surface area contributed by atoms with Gasteiger partial charge in [-0.1, -0.05) is 24.3 Å². The highest BCUT2D eigenvalue weighted by atomic mass is 32.1. The normalized spacial score (nSPS) is 10.4. The summed E-state index contributed by atoms with van der Waals surface area (Å²) in [4.78, 5) is 26.8. The van der Waals surface area contributed by atoms with Crippen LogP contribution in [0.15, 0.2) is 29.6 Å². The third kappa shape index (κ3) is 5.75. The third-order valence-electron chi connectivity index (χ3n) is 3.39. The Morgan fingerprint density at radius 2 is 2.00 bits per heavy atom. The van der Waals surface area contributed by atoms with Crippen LogP contribution in [-0.2, 0) is 16.0 Å². The number of benzene rings is 1. The maximum Gasteiger partial charge on any atom is 0.227 e. The maximum absolute atomic E-state index is 11.5. The number of carbonyl (C=O) groups excluding carboxylic acids is 2. The number of nitrogens with two attached hydrogens (primary N) is 1. The molecule has 0 fully saturated rings. The van der Waals surface area contributed by atoms with Crippen molar-refractivity contribution >= 4 is 28.3 Å². The first-order valence-electron chi connectivity index (χ1n) is 7.87. The van der Waals surface area contributed by atoms with Crippen molar-refractivity contribution in [1.29, 1.82) is 0 Å². The summed E-state index contributed by atoms with van der Waals surface area (Å²) in [5.41, 5.74) is 8.42. The average molecular weight is 346 g/mol. The van der Waals surface area contributed by atoms with Gasteiger partial charge in [0.1, 0.15) is 0 Å². The van der Waals surface area contributed by atoms with Crippen LogP contribution in [0.5, 0.6) is 0 Å². The molecule has 0 aliphatic carbocycles. The molecular weight excluding hydrogens is 324 g/mol. The Bertz CT molecular complexity index is 682. The van der Waals surface area contributed by atoms with Crippen LogP contribution in [-0.4, -0.2) is 29.9 Å². The van der Waals surface area contributed by atoms with Gasteiger partial charge in [0.05, 0.1) is 5.69 Å². The zero-order valence-corrected chi connectivity index (χ0v) is 14.5. The highest BCUT2D eigenvalue weighted by Gasteiger charge is 2.07. The molecule has 4 N–H and O–H groups in total. The first kappa shape index (κ1) is 18.1. The molecule has 24 heavy (non-hydrogen) atoms. The number of nitrogens with one attached hydrogen (secondary N) is 2. The fourth-order valence-corrected chi connectivity index (χ4v) is 2.91. The van der Waals surface area contributed by atoms with Crippen molar-refractivity contribution in [3.05, 3.63) is 35.2 Å². The van der Waals surface area contributed by atoms with E-state index in [0.29, 0.717) is 24.6 Å².